The van der Waals surface area contributed by atoms with Gasteiger partial charge in [-0.15, -0.1) is 0 Å². The summed E-state index contributed by atoms with van der Waals surface area (Å²) in [7, 11) is 2.20. The lowest BCUT2D eigenvalue weighted by atomic mass is 10.00. The molecular formula is C16H27N3. The topological polar surface area (TPSA) is 27.3 Å². The van der Waals surface area contributed by atoms with Crippen LogP contribution < -0.4 is 10.6 Å². The second-order valence-electron chi connectivity index (χ2n) is 5.92. The molecule has 1 heterocycles. The molecule has 0 saturated carbocycles. The summed E-state index contributed by atoms with van der Waals surface area (Å²) < 4.78 is 0. The fourth-order valence-corrected chi connectivity index (χ4v) is 2.99. The zero-order valence-electron chi connectivity index (χ0n) is 12.7. The molecule has 19 heavy (non-hydrogen) atoms. The van der Waals surface area contributed by atoms with Crippen LogP contribution in [-0.4, -0.2) is 44.2 Å². The van der Waals surface area contributed by atoms with Gasteiger partial charge >= 0.3 is 0 Å². The predicted octanol–water partition coefficient (Wildman–Crippen LogP) is 1.61. The van der Waals surface area contributed by atoms with Crippen molar-refractivity contribution in [3.63, 3.8) is 0 Å². The maximum atomic E-state index is 3.60. The monoisotopic (exact) mass is 261 g/mol. The summed E-state index contributed by atoms with van der Waals surface area (Å²) in [5.74, 6) is 0. The molecule has 3 heteroatoms. The summed E-state index contributed by atoms with van der Waals surface area (Å²) in [6, 6.07) is 5.12. The average molecular weight is 261 g/mol. The summed E-state index contributed by atoms with van der Waals surface area (Å²) >= 11 is 0. The Kier molecular flexibility index (Phi) is 4.97. The van der Waals surface area contributed by atoms with Gasteiger partial charge in [0.2, 0.25) is 0 Å². The highest BCUT2D eigenvalue weighted by Crippen LogP contribution is 2.15. The van der Waals surface area contributed by atoms with Crippen molar-refractivity contribution in [2.24, 2.45) is 0 Å². The number of nitrogens with zero attached hydrogens (tertiary/aromatic N) is 1. The number of aryl methyl sites for hydroxylation is 3. The van der Waals surface area contributed by atoms with Crippen LogP contribution in [0.2, 0.25) is 0 Å². The number of benzene rings is 1. The van der Waals surface area contributed by atoms with Gasteiger partial charge < -0.3 is 15.5 Å². The molecule has 1 fully saturated rings. The number of hydrogen-bond donors (Lipinski definition) is 2. The lowest BCUT2D eigenvalue weighted by Gasteiger charge is -2.31. The van der Waals surface area contributed by atoms with Crippen LogP contribution >= 0.6 is 0 Å². The molecule has 0 aromatic heterocycles. The number of nitrogens with one attached hydrogen (secondary N) is 2. The highest BCUT2D eigenvalue weighted by molar-refractivity contribution is 5.37. The summed E-state index contributed by atoms with van der Waals surface area (Å²) in [6.45, 7) is 12.0. The van der Waals surface area contributed by atoms with E-state index in [9.17, 15) is 0 Å². The van der Waals surface area contributed by atoms with E-state index in [2.05, 4.69) is 55.5 Å². The molecular weight excluding hydrogens is 234 g/mol. The van der Waals surface area contributed by atoms with Crippen molar-refractivity contribution in [1.82, 2.24) is 15.5 Å². The molecule has 0 aliphatic carbocycles. The van der Waals surface area contributed by atoms with E-state index < -0.39 is 0 Å². The van der Waals surface area contributed by atoms with Crippen LogP contribution in [-0.2, 0) is 6.54 Å². The Labute approximate surface area is 117 Å². The maximum absolute atomic E-state index is 3.60. The Morgan fingerprint density at radius 1 is 1.26 bits per heavy atom. The minimum atomic E-state index is 0.574. The Morgan fingerprint density at radius 2 is 1.95 bits per heavy atom. The van der Waals surface area contributed by atoms with Crippen molar-refractivity contribution in [3.05, 3.63) is 34.4 Å². The molecule has 0 spiro atoms. The minimum Gasteiger partial charge on any atom is -0.311 e. The van der Waals surface area contributed by atoms with Crippen molar-refractivity contribution >= 4 is 0 Å². The molecule has 1 aromatic rings. The smallest absolute Gasteiger partial charge is 0.0320 e. The predicted molar refractivity (Wildman–Crippen MR) is 81.6 cm³/mol. The third-order valence-electron chi connectivity index (χ3n) is 3.99. The molecule has 106 valence electrons. The molecule has 1 aliphatic heterocycles. The van der Waals surface area contributed by atoms with Gasteiger partial charge in [0.05, 0.1) is 0 Å². The fourth-order valence-electron chi connectivity index (χ4n) is 2.99. The minimum absolute atomic E-state index is 0.574. The number of likely N-dealkylation sites (N-methyl/N-ethyl adjacent to an activating group) is 1. The third-order valence-corrected chi connectivity index (χ3v) is 3.99. The van der Waals surface area contributed by atoms with E-state index in [1.165, 1.54) is 22.3 Å². The number of rotatable bonds is 4. The lowest BCUT2D eigenvalue weighted by molar-refractivity contribution is 0.235. The molecule has 1 unspecified atom stereocenters. The Morgan fingerprint density at radius 3 is 2.58 bits per heavy atom. The first kappa shape index (κ1) is 14.5. The molecule has 0 amide bonds. The summed E-state index contributed by atoms with van der Waals surface area (Å²) in [4.78, 5) is 2.39. The molecule has 1 aliphatic rings. The van der Waals surface area contributed by atoms with Crippen LogP contribution in [0.5, 0.6) is 0 Å². The largest absolute Gasteiger partial charge is 0.311 e. The van der Waals surface area contributed by atoms with Gasteiger partial charge in [0, 0.05) is 38.8 Å². The summed E-state index contributed by atoms with van der Waals surface area (Å²) in [5, 5.41) is 7.17. The van der Waals surface area contributed by atoms with E-state index >= 15 is 0 Å². The van der Waals surface area contributed by atoms with Gasteiger partial charge in [0.1, 0.15) is 0 Å². The molecule has 0 bridgehead atoms. The van der Waals surface area contributed by atoms with Crippen LogP contribution in [0.25, 0.3) is 0 Å². The highest BCUT2D eigenvalue weighted by atomic mass is 15.2. The van der Waals surface area contributed by atoms with E-state index in [0.29, 0.717) is 6.04 Å². The van der Waals surface area contributed by atoms with Gasteiger partial charge in [0.25, 0.3) is 0 Å². The van der Waals surface area contributed by atoms with E-state index in [0.717, 1.165) is 32.7 Å². The average Bonchev–Trinajstić information content (AvgIpc) is 2.32. The molecule has 0 radical (unpaired) electrons. The van der Waals surface area contributed by atoms with Crippen LogP contribution in [0.3, 0.4) is 0 Å². The van der Waals surface area contributed by atoms with E-state index in [4.69, 9.17) is 0 Å². The van der Waals surface area contributed by atoms with Crippen LogP contribution in [0, 0.1) is 20.8 Å². The van der Waals surface area contributed by atoms with Crippen molar-refractivity contribution in [2.45, 2.75) is 33.4 Å². The molecule has 1 aromatic carbocycles. The van der Waals surface area contributed by atoms with E-state index in [-0.39, 0.29) is 0 Å². The maximum Gasteiger partial charge on any atom is 0.0320 e. The van der Waals surface area contributed by atoms with Crippen LogP contribution in [0.1, 0.15) is 22.3 Å². The standard InChI is InChI=1S/C16H27N3/c1-12-7-13(2)16(14(3)8-12)10-17-9-15-11-19(4)6-5-18-15/h7-8,15,17-18H,5-6,9-11H2,1-4H3. The summed E-state index contributed by atoms with van der Waals surface area (Å²) in [5.41, 5.74) is 5.61. The molecule has 2 rings (SSSR count). The van der Waals surface area contributed by atoms with Crippen molar-refractivity contribution < 1.29 is 0 Å². The zero-order chi connectivity index (χ0) is 13.8. The second-order valence-corrected chi connectivity index (χ2v) is 5.92. The van der Waals surface area contributed by atoms with Gasteiger partial charge in [0.15, 0.2) is 0 Å². The first-order chi connectivity index (χ1) is 9.06. The normalized spacial score (nSPS) is 20.7. The zero-order valence-corrected chi connectivity index (χ0v) is 12.7. The van der Waals surface area contributed by atoms with Gasteiger partial charge in [-0.05, 0) is 44.5 Å². The van der Waals surface area contributed by atoms with Crippen molar-refractivity contribution in [1.29, 1.82) is 0 Å². The number of hydrogen-bond acceptors (Lipinski definition) is 3. The molecule has 2 N–H and O–H groups in total. The highest BCUT2D eigenvalue weighted by Gasteiger charge is 2.15. The van der Waals surface area contributed by atoms with E-state index in [1.54, 1.807) is 0 Å². The third kappa shape index (κ3) is 4.03. The molecule has 3 nitrogen and oxygen atoms in total. The first-order valence-corrected chi connectivity index (χ1v) is 7.25. The van der Waals surface area contributed by atoms with Crippen molar-refractivity contribution in [2.75, 3.05) is 33.2 Å². The van der Waals surface area contributed by atoms with Gasteiger partial charge in [-0.3, -0.25) is 0 Å². The SMILES string of the molecule is Cc1cc(C)c(CNCC2CN(C)CCN2)c(C)c1. The fraction of sp³-hybridized carbons (Fsp3) is 0.625. The lowest BCUT2D eigenvalue weighted by Crippen LogP contribution is -2.53. The number of piperazine rings is 1. The Bertz CT molecular complexity index is 405. The Balaban J connectivity index is 1.85. The van der Waals surface area contributed by atoms with Crippen molar-refractivity contribution in [3.8, 4) is 0 Å². The molecule has 1 saturated heterocycles. The van der Waals surface area contributed by atoms with Gasteiger partial charge in [-0.25, -0.2) is 0 Å². The van der Waals surface area contributed by atoms with E-state index in [1.807, 2.05) is 0 Å². The first-order valence-electron chi connectivity index (χ1n) is 7.25. The van der Waals surface area contributed by atoms with Crippen LogP contribution in [0.15, 0.2) is 12.1 Å². The quantitative estimate of drug-likeness (QED) is 0.862. The summed E-state index contributed by atoms with van der Waals surface area (Å²) in [6.07, 6.45) is 0. The Hall–Kier alpha value is -0.900. The molecule has 1 atom stereocenters. The second kappa shape index (κ2) is 6.51. The van der Waals surface area contributed by atoms with Crippen LogP contribution in [0.4, 0.5) is 0 Å². The van der Waals surface area contributed by atoms with Gasteiger partial charge in [-0.2, -0.15) is 0 Å². The van der Waals surface area contributed by atoms with Gasteiger partial charge in [-0.1, -0.05) is 17.7 Å².